The number of carbonyl (C=O) groups is 3. The molecule has 1 aliphatic heterocycles. The van der Waals surface area contributed by atoms with Crippen molar-refractivity contribution in [2.45, 2.75) is 44.9 Å². The van der Waals surface area contributed by atoms with E-state index in [9.17, 15) is 14.4 Å². The van der Waals surface area contributed by atoms with Crippen LogP contribution in [0.15, 0.2) is 24.3 Å². The highest BCUT2D eigenvalue weighted by Gasteiger charge is 2.47. The van der Waals surface area contributed by atoms with Gasteiger partial charge in [-0.05, 0) is 31.0 Å². The van der Waals surface area contributed by atoms with Crippen molar-refractivity contribution < 1.29 is 19.5 Å². The van der Waals surface area contributed by atoms with Crippen LogP contribution in [0.4, 0.5) is 5.69 Å². The van der Waals surface area contributed by atoms with Crippen molar-refractivity contribution >= 4 is 23.5 Å². The van der Waals surface area contributed by atoms with Crippen molar-refractivity contribution in [2.75, 3.05) is 5.01 Å². The zero-order valence-electron chi connectivity index (χ0n) is 12.9. The van der Waals surface area contributed by atoms with Gasteiger partial charge in [0, 0.05) is 6.42 Å². The van der Waals surface area contributed by atoms with Crippen molar-refractivity contribution in [3.63, 3.8) is 0 Å². The van der Waals surface area contributed by atoms with Crippen LogP contribution in [0.2, 0.25) is 0 Å². The second kappa shape index (κ2) is 6.02. The molecule has 2 N–H and O–H groups in total. The molecule has 2 amide bonds. The number of benzene rings is 1. The van der Waals surface area contributed by atoms with Crippen LogP contribution < -0.4 is 10.4 Å². The van der Waals surface area contributed by atoms with E-state index in [1.54, 1.807) is 12.1 Å². The van der Waals surface area contributed by atoms with Gasteiger partial charge in [0.05, 0.1) is 16.7 Å². The predicted octanol–water partition coefficient (Wildman–Crippen LogP) is 2.49. The van der Waals surface area contributed by atoms with Crippen LogP contribution in [0.5, 0.6) is 0 Å². The Morgan fingerprint density at radius 2 is 1.83 bits per heavy atom. The lowest BCUT2D eigenvalue weighted by Gasteiger charge is -2.40. The Morgan fingerprint density at radius 3 is 2.48 bits per heavy atom. The molecule has 0 aromatic heterocycles. The summed E-state index contributed by atoms with van der Waals surface area (Å²) in [4.78, 5) is 36.4. The lowest BCUT2D eigenvalue weighted by molar-refractivity contribution is -0.141. The summed E-state index contributed by atoms with van der Waals surface area (Å²) >= 11 is 0. The second-order valence-electron chi connectivity index (χ2n) is 6.40. The molecule has 1 spiro atoms. The van der Waals surface area contributed by atoms with Crippen LogP contribution >= 0.6 is 0 Å². The molecule has 0 bridgehead atoms. The predicted molar refractivity (Wildman–Crippen MR) is 83.8 cm³/mol. The molecule has 6 heteroatoms. The number of hydrogen-bond acceptors (Lipinski definition) is 3. The Bertz CT molecular complexity index is 648. The van der Waals surface area contributed by atoms with Crippen molar-refractivity contribution in [3.8, 4) is 0 Å². The van der Waals surface area contributed by atoms with Crippen LogP contribution in [0.3, 0.4) is 0 Å². The smallest absolute Gasteiger partial charge is 0.335 e. The van der Waals surface area contributed by atoms with Crippen LogP contribution in [0, 0.1) is 5.41 Å². The van der Waals surface area contributed by atoms with Crippen molar-refractivity contribution in [2.24, 2.45) is 5.41 Å². The van der Waals surface area contributed by atoms with Crippen LogP contribution in [0.1, 0.15) is 55.3 Å². The number of aromatic carboxylic acids is 1. The topological polar surface area (TPSA) is 86.7 Å². The van der Waals surface area contributed by atoms with E-state index in [1.165, 1.54) is 17.1 Å². The van der Waals surface area contributed by atoms with Crippen LogP contribution in [0.25, 0.3) is 0 Å². The van der Waals surface area contributed by atoms with Gasteiger partial charge in [0.2, 0.25) is 5.91 Å². The van der Waals surface area contributed by atoms with Crippen molar-refractivity contribution in [1.82, 2.24) is 5.43 Å². The van der Waals surface area contributed by atoms with E-state index in [-0.39, 0.29) is 23.8 Å². The van der Waals surface area contributed by atoms with E-state index in [0.29, 0.717) is 18.5 Å². The number of carboxylic acid groups (broad SMARTS) is 1. The molecule has 0 unspecified atom stereocenters. The van der Waals surface area contributed by atoms with Gasteiger partial charge in [-0.2, -0.15) is 0 Å². The molecule has 122 valence electrons. The molecular weight excluding hydrogens is 296 g/mol. The maximum atomic E-state index is 13.0. The summed E-state index contributed by atoms with van der Waals surface area (Å²) in [5.74, 6) is -1.37. The number of amides is 2. The molecule has 1 heterocycles. The number of carbonyl (C=O) groups excluding carboxylic acids is 2. The van der Waals surface area contributed by atoms with E-state index < -0.39 is 11.4 Å². The highest BCUT2D eigenvalue weighted by atomic mass is 16.4. The molecule has 1 aromatic carbocycles. The van der Waals surface area contributed by atoms with Crippen LogP contribution in [-0.4, -0.2) is 22.9 Å². The Morgan fingerprint density at radius 1 is 1.13 bits per heavy atom. The summed E-state index contributed by atoms with van der Waals surface area (Å²) in [6.45, 7) is 0. The molecule has 23 heavy (non-hydrogen) atoms. The third kappa shape index (κ3) is 2.93. The summed E-state index contributed by atoms with van der Waals surface area (Å²) in [6, 6.07) is 6.09. The third-order valence-corrected chi connectivity index (χ3v) is 4.80. The Hall–Kier alpha value is -2.37. The lowest BCUT2D eigenvalue weighted by atomic mass is 9.75. The zero-order chi connectivity index (χ0) is 16.4. The van der Waals surface area contributed by atoms with E-state index >= 15 is 0 Å². The average molecular weight is 316 g/mol. The first kappa shape index (κ1) is 15.5. The number of carboxylic acids is 1. The first-order valence-electron chi connectivity index (χ1n) is 7.99. The van der Waals surface area contributed by atoms with E-state index in [0.717, 1.165) is 25.7 Å². The maximum absolute atomic E-state index is 13.0. The normalized spacial score (nSPS) is 21.0. The minimum atomic E-state index is -1.06. The molecule has 6 nitrogen and oxygen atoms in total. The fraction of sp³-hybridized carbons (Fsp3) is 0.471. The molecular formula is C17H20N2O4. The lowest BCUT2D eigenvalue weighted by Crippen LogP contribution is -2.59. The number of nitrogens with one attached hydrogen (secondary N) is 1. The minimum Gasteiger partial charge on any atom is -0.478 e. The summed E-state index contributed by atoms with van der Waals surface area (Å²) in [6.07, 6.45) is 5.73. The monoisotopic (exact) mass is 316 g/mol. The first-order chi connectivity index (χ1) is 11.0. The van der Waals surface area contributed by atoms with Gasteiger partial charge in [0.25, 0.3) is 5.91 Å². The van der Waals surface area contributed by atoms with Crippen molar-refractivity contribution in [3.05, 3.63) is 29.8 Å². The van der Waals surface area contributed by atoms with Gasteiger partial charge < -0.3 is 5.11 Å². The molecule has 2 aliphatic rings. The van der Waals surface area contributed by atoms with Gasteiger partial charge in [0.1, 0.15) is 0 Å². The van der Waals surface area contributed by atoms with Gasteiger partial charge in [-0.15, -0.1) is 0 Å². The number of nitrogens with zero attached hydrogens (tertiary/aromatic N) is 1. The Labute approximate surface area is 134 Å². The first-order valence-corrected chi connectivity index (χ1v) is 7.99. The van der Waals surface area contributed by atoms with Crippen molar-refractivity contribution in [1.29, 1.82) is 0 Å². The summed E-state index contributed by atoms with van der Waals surface area (Å²) in [5, 5.41) is 10.4. The maximum Gasteiger partial charge on any atom is 0.335 e. The average Bonchev–Trinajstić information content (AvgIpc) is 2.77. The molecule has 2 fully saturated rings. The molecule has 0 radical (unpaired) electrons. The highest BCUT2D eigenvalue weighted by Crippen LogP contribution is 2.42. The molecule has 1 saturated heterocycles. The molecule has 1 aromatic rings. The zero-order valence-corrected chi connectivity index (χ0v) is 12.9. The second-order valence-corrected chi connectivity index (χ2v) is 6.40. The SMILES string of the molecule is O=C1CC2(CCCCCC2)C(=O)N(c2cccc(C(=O)O)c2)N1. The molecule has 1 saturated carbocycles. The standard InChI is InChI=1S/C17H20N2O4/c20-14-11-17(8-3-1-2-4-9-17)16(23)19(18-14)13-7-5-6-12(10-13)15(21)22/h5-7,10H,1-4,8-9,11H2,(H,18,20)(H,21,22). The largest absolute Gasteiger partial charge is 0.478 e. The van der Waals surface area contributed by atoms with E-state index in [4.69, 9.17) is 5.11 Å². The third-order valence-electron chi connectivity index (χ3n) is 4.80. The molecule has 1 aliphatic carbocycles. The number of rotatable bonds is 2. The van der Waals surface area contributed by atoms with E-state index in [1.807, 2.05) is 0 Å². The number of anilines is 1. The fourth-order valence-corrected chi connectivity index (χ4v) is 3.59. The van der Waals surface area contributed by atoms with Crippen LogP contribution in [-0.2, 0) is 9.59 Å². The quantitative estimate of drug-likeness (QED) is 0.877. The summed E-state index contributed by atoms with van der Waals surface area (Å²) in [7, 11) is 0. The number of hydrazine groups is 1. The Kier molecular flexibility index (Phi) is 4.07. The highest BCUT2D eigenvalue weighted by molar-refractivity contribution is 6.05. The van der Waals surface area contributed by atoms with Gasteiger partial charge in [0.15, 0.2) is 0 Å². The van der Waals surface area contributed by atoms with Gasteiger partial charge in [-0.3, -0.25) is 15.0 Å². The summed E-state index contributed by atoms with van der Waals surface area (Å²) < 4.78 is 0. The van der Waals surface area contributed by atoms with Gasteiger partial charge in [-0.1, -0.05) is 31.7 Å². The molecule has 3 rings (SSSR count). The minimum absolute atomic E-state index is 0.0880. The number of hydrogen-bond donors (Lipinski definition) is 2. The fourth-order valence-electron chi connectivity index (χ4n) is 3.59. The Balaban J connectivity index is 1.95. The molecule has 0 atom stereocenters. The summed E-state index contributed by atoms with van der Waals surface area (Å²) in [5.41, 5.74) is 2.43. The van der Waals surface area contributed by atoms with Gasteiger partial charge >= 0.3 is 5.97 Å². The van der Waals surface area contributed by atoms with Gasteiger partial charge in [-0.25, -0.2) is 9.80 Å². The van der Waals surface area contributed by atoms with E-state index in [2.05, 4.69) is 5.43 Å².